The van der Waals surface area contributed by atoms with Crippen LogP contribution in [0.4, 0.5) is 5.00 Å². The molecule has 6 nitrogen and oxygen atoms in total. The lowest BCUT2D eigenvalue weighted by atomic mass is 10.2. The Balaban J connectivity index is 1.97. The SMILES string of the molecule is N#Cc1ccc(COC(=O)c2ccc([N+](=O)[O-])s2)cc1. The number of nitriles is 1. The number of hydrogen-bond acceptors (Lipinski definition) is 6. The first kappa shape index (κ1) is 13.7. The van der Waals surface area contributed by atoms with E-state index in [2.05, 4.69) is 0 Å². The van der Waals surface area contributed by atoms with Gasteiger partial charge in [-0.3, -0.25) is 10.1 Å². The number of rotatable bonds is 4. The highest BCUT2D eigenvalue weighted by Gasteiger charge is 2.16. The van der Waals surface area contributed by atoms with Gasteiger partial charge in [0.2, 0.25) is 0 Å². The molecule has 0 aliphatic carbocycles. The molecule has 0 radical (unpaired) electrons. The predicted molar refractivity (Wildman–Crippen MR) is 71.2 cm³/mol. The van der Waals surface area contributed by atoms with Gasteiger partial charge in [0, 0.05) is 6.07 Å². The van der Waals surface area contributed by atoms with Crippen LogP contribution in [0.5, 0.6) is 0 Å². The molecule has 0 fully saturated rings. The fourth-order valence-electron chi connectivity index (χ4n) is 1.43. The van der Waals surface area contributed by atoms with Crippen LogP contribution in [0.1, 0.15) is 20.8 Å². The highest BCUT2D eigenvalue weighted by molar-refractivity contribution is 7.17. The van der Waals surface area contributed by atoms with E-state index < -0.39 is 10.9 Å². The van der Waals surface area contributed by atoms with Crippen LogP contribution in [0.2, 0.25) is 0 Å². The fraction of sp³-hybridized carbons (Fsp3) is 0.0769. The molecule has 20 heavy (non-hydrogen) atoms. The van der Waals surface area contributed by atoms with Crippen LogP contribution in [0.3, 0.4) is 0 Å². The van der Waals surface area contributed by atoms with Crippen molar-refractivity contribution in [2.45, 2.75) is 6.61 Å². The normalized spacial score (nSPS) is 9.75. The van der Waals surface area contributed by atoms with Crippen molar-refractivity contribution in [3.8, 4) is 6.07 Å². The number of carbonyl (C=O) groups is 1. The molecule has 0 saturated heterocycles. The molecule has 100 valence electrons. The molecule has 0 bridgehead atoms. The summed E-state index contributed by atoms with van der Waals surface area (Å²) in [7, 11) is 0. The Kier molecular flexibility index (Phi) is 4.08. The van der Waals surface area contributed by atoms with Crippen molar-refractivity contribution >= 4 is 22.3 Å². The van der Waals surface area contributed by atoms with Crippen molar-refractivity contribution in [2.75, 3.05) is 0 Å². The highest BCUT2D eigenvalue weighted by Crippen LogP contribution is 2.24. The first-order valence-corrected chi connectivity index (χ1v) is 6.32. The molecule has 0 unspecified atom stereocenters. The van der Waals surface area contributed by atoms with Crippen LogP contribution in [-0.2, 0) is 11.3 Å². The Morgan fingerprint density at radius 2 is 2.00 bits per heavy atom. The zero-order chi connectivity index (χ0) is 14.5. The van der Waals surface area contributed by atoms with Crippen molar-refractivity contribution < 1.29 is 14.5 Å². The van der Waals surface area contributed by atoms with Gasteiger partial charge in [0.1, 0.15) is 11.5 Å². The van der Waals surface area contributed by atoms with E-state index in [0.717, 1.165) is 16.9 Å². The summed E-state index contributed by atoms with van der Waals surface area (Å²) in [6, 6.07) is 11.2. The Morgan fingerprint density at radius 1 is 1.30 bits per heavy atom. The number of thiophene rings is 1. The van der Waals surface area contributed by atoms with Crippen LogP contribution in [0, 0.1) is 21.4 Å². The molecule has 1 aromatic carbocycles. The zero-order valence-corrected chi connectivity index (χ0v) is 10.9. The molecule has 7 heteroatoms. The molecule has 0 saturated carbocycles. The zero-order valence-electron chi connectivity index (χ0n) is 10.1. The average molecular weight is 288 g/mol. The van der Waals surface area contributed by atoms with Gasteiger partial charge in [-0.15, -0.1) is 0 Å². The summed E-state index contributed by atoms with van der Waals surface area (Å²) in [6.45, 7) is 0.0518. The van der Waals surface area contributed by atoms with Gasteiger partial charge in [-0.2, -0.15) is 5.26 Å². The molecule has 2 rings (SSSR count). The predicted octanol–water partition coefficient (Wildman–Crippen LogP) is 2.88. The van der Waals surface area contributed by atoms with Gasteiger partial charge in [0.15, 0.2) is 0 Å². The minimum absolute atomic E-state index is 0.0518. The Morgan fingerprint density at radius 3 is 2.55 bits per heavy atom. The summed E-state index contributed by atoms with van der Waals surface area (Å²) < 4.78 is 5.05. The van der Waals surface area contributed by atoms with E-state index in [1.54, 1.807) is 24.3 Å². The van der Waals surface area contributed by atoms with Gasteiger partial charge in [0.25, 0.3) is 0 Å². The molecule has 1 aromatic heterocycles. The van der Waals surface area contributed by atoms with E-state index in [1.165, 1.54) is 12.1 Å². The van der Waals surface area contributed by atoms with Crippen LogP contribution < -0.4 is 0 Å². The molecule has 0 aliphatic rings. The lowest BCUT2D eigenvalue weighted by Crippen LogP contribution is -2.03. The topological polar surface area (TPSA) is 93.2 Å². The third kappa shape index (κ3) is 3.18. The lowest BCUT2D eigenvalue weighted by molar-refractivity contribution is -0.380. The monoisotopic (exact) mass is 288 g/mol. The number of esters is 1. The van der Waals surface area contributed by atoms with Crippen LogP contribution in [0.25, 0.3) is 0 Å². The number of hydrogen-bond donors (Lipinski definition) is 0. The third-order valence-corrected chi connectivity index (χ3v) is 3.44. The molecular weight excluding hydrogens is 280 g/mol. The van der Waals surface area contributed by atoms with Crippen molar-refractivity contribution in [1.29, 1.82) is 5.26 Å². The van der Waals surface area contributed by atoms with E-state index in [-0.39, 0.29) is 16.5 Å². The minimum atomic E-state index is -0.604. The molecule has 0 aliphatic heterocycles. The highest BCUT2D eigenvalue weighted by atomic mass is 32.1. The standard InChI is InChI=1S/C13H8N2O4S/c14-7-9-1-3-10(4-2-9)8-19-13(16)11-5-6-12(20-11)15(17)18/h1-6H,8H2. The van der Waals surface area contributed by atoms with Crippen molar-refractivity contribution in [3.05, 3.63) is 62.5 Å². The summed E-state index contributed by atoms with van der Waals surface area (Å²) in [4.78, 5) is 21.8. The third-order valence-electron chi connectivity index (χ3n) is 2.43. The number of nitrogens with zero attached hydrogens (tertiary/aromatic N) is 2. The second-order valence-electron chi connectivity index (χ2n) is 3.78. The maximum Gasteiger partial charge on any atom is 0.348 e. The van der Waals surface area contributed by atoms with E-state index in [4.69, 9.17) is 10.00 Å². The summed E-state index contributed by atoms with van der Waals surface area (Å²) in [5, 5.41) is 19.1. The van der Waals surface area contributed by atoms with E-state index in [0.29, 0.717) is 5.56 Å². The van der Waals surface area contributed by atoms with Crippen molar-refractivity contribution in [1.82, 2.24) is 0 Å². The van der Waals surface area contributed by atoms with Gasteiger partial charge in [0.05, 0.1) is 16.6 Å². The van der Waals surface area contributed by atoms with Gasteiger partial charge in [-0.1, -0.05) is 23.5 Å². The summed E-state index contributed by atoms with van der Waals surface area (Å²) in [6.07, 6.45) is 0. The number of ether oxygens (including phenoxy) is 1. The Bertz CT molecular complexity index is 685. The number of benzene rings is 1. The van der Waals surface area contributed by atoms with Crippen LogP contribution in [-0.4, -0.2) is 10.9 Å². The molecule has 0 N–H and O–H groups in total. The van der Waals surface area contributed by atoms with Crippen molar-refractivity contribution in [3.63, 3.8) is 0 Å². The summed E-state index contributed by atoms with van der Waals surface area (Å²) in [5.74, 6) is -0.604. The Hall–Kier alpha value is -2.72. The van der Waals surface area contributed by atoms with E-state index in [1.807, 2.05) is 6.07 Å². The second kappa shape index (κ2) is 5.95. The van der Waals surface area contributed by atoms with Crippen LogP contribution >= 0.6 is 11.3 Å². The van der Waals surface area contributed by atoms with E-state index in [9.17, 15) is 14.9 Å². The van der Waals surface area contributed by atoms with Crippen molar-refractivity contribution in [2.24, 2.45) is 0 Å². The largest absolute Gasteiger partial charge is 0.457 e. The molecule has 2 aromatic rings. The fourth-order valence-corrected chi connectivity index (χ4v) is 2.15. The summed E-state index contributed by atoms with van der Waals surface area (Å²) >= 11 is 0.774. The first-order chi connectivity index (χ1) is 9.60. The van der Waals surface area contributed by atoms with Gasteiger partial charge < -0.3 is 4.74 Å². The molecule has 0 amide bonds. The maximum absolute atomic E-state index is 11.7. The number of nitro groups is 1. The quantitative estimate of drug-likeness (QED) is 0.490. The molecule has 0 atom stereocenters. The maximum atomic E-state index is 11.7. The molecular formula is C13H8N2O4S. The number of carbonyl (C=O) groups excluding carboxylic acids is 1. The van der Waals surface area contributed by atoms with Gasteiger partial charge in [-0.25, -0.2) is 4.79 Å². The molecule has 1 heterocycles. The van der Waals surface area contributed by atoms with E-state index >= 15 is 0 Å². The Labute approximate surface area is 118 Å². The average Bonchev–Trinajstić information content (AvgIpc) is 2.95. The smallest absolute Gasteiger partial charge is 0.348 e. The first-order valence-electron chi connectivity index (χ1n) is 5.50. The lowest BCUT2D eigenvalue weighted by Gasteiger charge is -2.03. The van der Waals surface area contributed by atoms with Gasteiger partial charge >= 0.3 is 11.0 Å². The second-order valence-corrected chi connectivity index (χ2v) is 4.84. The van der Waals surface area contributed by atoms with Crippen LogP contribution in [0.15, 0.2) is 36.4 Å². The van der Waals surface area contributed by atoms with Gasteiger partial charge in [-0.05, 0) is 23.8 Å². The minimum Gasteiger partial charge on any atom is -0.457 e. The summed E-state index contributed by atoms with van der Waals surface area (Å²) in [5.41, 5.74) is 1.26. The molecule has 0 spiro atoms.